The lowest BCUT2D eigenvalue weighted by Crippen LogP contribution is -2.28. The van der Waals surface area contributed by atoms with Gasteiger partial charge in [0.15, 0.2) is 5.03 Å². The van der Waals surface area contributed by atoms with E-state index in [1.54, 1.807) is 19.2 Å². The summed E-state index contributed by atoms with van der Waals surface area (Å²) in [5, 5.41) is 2.71. The largest absolute Gasteiger partial charge is 0.386 e. The summed E-state index contributed by atoms with van der Waals surface area (Å²) in [5.74, 6) is -0.423. The minimum atomic E-state index is -3.81. The summed E-state index contributed by atoms with van der Waals surface area (Å²) in [4.78, 5) is 3.92. The Kier molecular flexibility index (Phi) is 3.89. The minimum Gasteiger partial charge on any atom is -0.386 e. The number of nitrogens with one attached hydrogen (secondary N) is 1. The van der Waals surface area contributed by atoms with E-state index in [0.29, 0.717) is 11.4 Å². The Morgan fingerprint density at radius 1 is 1.20 bits per heavy atom. The Bertz CT molecular complexity index is 702. The molecule has 2 rings (SSSR count). The second kappa shape index (κ2) is 5.46. The van der Waals surface area contributed by atoms with Crippen LogP contribution in [-0.2, 0) is 10.0 Å². The van der Waals surface area contributed by atoms with E-state index in [-0.39, 0.29) is 5.03 Å². The number of anilines is 2. The molecule has 106 valence electrons. The molecule has 20 heavy (non-hydrogen) atoms. The zero-order valence-electron chi connectivity index (χ0n) is 11.0. The van der Waals surface area contributed by atoms with E-state index >= 15 is 0 Å². The summed E-state index contributed by atoms with van der Waals surface area (Å²) < 4.78 is 39.0. The topological polar surface area (TPSA) is 62.3 Å². The molecule has 1 aromatic carbocycles. The standard InChI is InChI=1S/C13H14FN3O2S/c1-15-12-4-3-9-16-13(12)20(18,19)17(2)11-7-5-10(14)6-8-11/h3-9,15H,1-2H3. The molecule has 0 amide bonds. The van der Waals surface area contributed by atoms with Crippen molar-refractivity contribution in [2.75, 3.05) is 23.7 Å². The van der Waals surface area contributed by atoms with E-state index < -0.39 is 15.8 Å². The average Bonchev–Trinajstić information content (AvgIpc) is 2.47. The highest BCUT2D eigenvalue weighted by Crippen LogP contribution is 2.25. The SMILES string of the molecule is CNc1cccnc1S(=O)(=O)N(C)c1ccc(F)cc1. The molecule has 1 aromatic heterocycles. The fourth-order valence-corrected chi connectivity index (χ4v) is 3.01. The molecule has 0 aliphatic heterocycles. The lowest BCUT2D eigenvalue weighted by molar-refractivity contribution is 0.590. The lowest BCUT2D eigenvalue weighted by Gasteiger charge is -2.20. The number of sulfonamides is 1. The van der Waals surface area contributed by atoms with Gasteiger partial charge in [0, 0.05) is 20.3 Å². The fraction of sp³-hybridized carbons (Fsp3) is 0.154. The molecule has 0 fully saturated rings. The summed E-state index contributed by atoms with van der Waals surface area (Å²) >= 11 is 0. The second-order valence-electron chi connectivity index (χ2n) is 4.06. The average molecular weight is 295 g/mol. The maximum atomic E-state index is 12.9. The third kappa shape index (κ3) is 2.57. The summed E-state index contributed by atoms with van der Waals surface area (Å²) in [6.45, 7) is 0. The molecule has 7 heteroatoms. The van der Waals surface area contributed by atoms with Gasteiger partial charge in [-0.1, -0.05) is 0 Å². The van der Waals surface area contributed by atoms with Gasteiger partial charge in [0.1, 0.15) is 5.82 Å². The number of benzene rings is 1. The van der Waals surface area contributed by atoms with Crippen LogP contribution in [0.4, 0.5) is 15.8 Å². The van der Waals surface area contributed by atoms with Gasteiger partial charge in [0.25, 0.3) is 10.0 Å². The van der Waals surface area contributed by atoms with Gasteiger partial charge in [0.2, 0.25) is 0 Å². The Hall–Kier alpha value is -2.15. The summed E-state index contributed by atoms with van der Waals surface area (Å²) in [5.41, 5.74) is 0.764. The molecule has 5 nitrogen and oxygen atoms in total. The molecule has 1 N–H and O–H groups in total. The van der Waals surface area contributed by atoms with Gasteiger partial charge in [0.05, 0.1) is 11.4 Å². The van der Waals surface area contributed by atoms with E-state index in [1.807, 2.05) is 0 Å². The zero-order chi connectivity index (χ0) is 14.8. The van der Waals surface area contributed by atoms with Gasteiger partial charge in [-0.3, -0.25) is 4.31 Å². The third-order valence-electron chi connectivity index (χ3n) is 2.84. The number of halogens is 1. The van der Waals surface area contributed by atoms with Crippen LogP contribution in [0.5, 0.6) is 0 Å². The van der Waals surface area contributed by atoms with Crippen LogP contribution in [-0.4, -0.2) is 27.5 Å². The van der Waals surface area contributed by atoms with E-state index in [4.69, 9.17) is 0 Å². The first-order chi connectivity index (χ1) is 9.46. The van der Waals surface area contributed by atoms with Crippen molar-refractivity contribution in [3.63, 3.8) is 0 Å². The third-order valence-corrected chi connectivity index (χ3v) is 4.58. The molecule has 0 bridgehead atoms. The van der Waals surface area contributed by atoms with E-state index in [0.717, 1.165) is 4.31 Å². The van der Waals surface area contributed by atoms with Crippen LogP contribution in [0.2, 0.25) is 0 Å². The van der Waals surface area contributed by atoms with Gasteiger partial charge in [-0.2, -0.15) is 8.42 Å². The fourth-order valence-electron chi connectivity index (χ4n) is 1.71. The molecule has 0 aliphatic rings. The van der Waals surface area contributed by atoms with E-state index in [1.165, 1.54) is 37.5 Å². The summed E-state index contributed by atoms with van der Waals surface area (Å²) in [6.07, 6.45) is 1.41. The maximum absolute atomic E-state index is 12.9. The van der Waals surface area contributed by atoms with Crippen LogP contribution in [0, 0.1) is 5.82 Å². The molecular weight excluding hydrogens is 281 g/mol. The molecule has 0 spiro atoms. The number of nitrogens with zero attached hydrogens (tertiary/aromatic N) is 2. The van der Waals surface area contributed by atoms with E-state index in [2.05, 4.69) is 10.3 Å². The van der Waals surface area contributed by atoms with E-state index in [9.17, 15) is 12.8 Å². The van der Waals surface area contributed by atoms with Crippen LogP contribution in [0.1, 0.15) is 0 Å². The maximum Gasteiger partial charge on any atom is 0.283 e. The molecule has 0 atom stereocenters. The highest BCUT2D eigenvalue weighted by Gasteiger charge is 2.25. The highest BCUT2D eigenvalue weighted by molar-refractivity contribution is 7.92. The van der Waals surface area contributed by atoms with Crippen molar-refractivity contribution in [1.82, 2.24) is 4.98 Å². The van der Waals surface area contributed by atoms with Crippen molar-refractivity contribution in [3.05, 3.63) is 48.4 Å². The van der Waals surface area contributed by atoms with Crippen molar-refractivity contribution >= 4 is 21.4 Å². The Morgan fingerprint density at radius 3 is 2.45 bits per heavy atom. The van der Waals surface area contributed by atoms with Crippen LogP contribution >= 0.6 is 0 Å². The Morgan fingerprint density at radius 2 is 1.85 bits per heavy atom. The number of aromatic nitrogens is 1. The van der Waals surface area contributed by atoms with Gasteiger partial charge < -0.3 is 5.32 Å². The predicted molar refractivity (Wildman–Crippen MR) is 75.8 cm³/mol. The first kappa shape index (κ1) is 14.3. The first-order valence-electron chi connectivity index (χ1n) is 5.84. The minimum absolute atomic E-state index is 0.0747. The van der Waals surface area contributed by atoms with Gasteiger partial charge in [-0.25, -0.2) is 9.37 Å². The molecule has 0 saturated carbocycles. The molecule has 2 aromatic rings. The van der Waals surface area contributed by atoms with Crippen LogP contribution in [0.25, 0.3) is 0 Å². The van der Waals surface area contributed by atoms with Crippen molar-refractivity contribution in [1.29, 1.82) is 0 Å². The highest BCUT2D eigenvalue weighted by atomic mass is 32.2. The van der Waals surface area contributed by atoms with Crippen molar-refractivity contribution < 1.29 is 12.8 Å². The smallest absolute Gasteiger partial charge is 0.283 e. The lowest BCUT2D eigenvalue weighted by atomic mass is 10.3. The number of hydrogen-bond donors (Lipinski definition) is 1. The van der Waals surface area contributed by atoms with Gasteiger partial charge in [-0.15, -0.1) is 0 Å². The Labute approximate surface area is 117 Å². The molecule has 1 heterocycles. The summed E-state index contributed by atoms with van der Waals surface area (Å²) in [6, 6.07) is 8.47. The van der Waals surface area contributed by atoms with Crippen molar-refractivity contribution in [2.45, 2.75) is 5.03 Å². The number of rotatable bonds is 4. The Balaban J connectivity index is 2.46. The quantitative estimate of drug-likeness (QED) is 0.938. The molecular formula is C13H14FN3O2S. The monoisotopic (exact) mass is 295 g/mol. The van der Waals surface area contributed by atoms with Crippen LogP contribution in [0.3, 0.4) is 0 Å². The predicted octanol–water partition coefficient (Wildman–Crippen LogP) is 2.09. The number of pyridine rings is 1. The normalized spacial score (nSPS) is 11.2. The summed E-state index contributed by atoms with van der Waals surface area (Å²) in [7, 11) is -0.792. The van der Waals surface area contributed by atoms with Gasteiger partial charge >= 0.3 is 0 Å². The van der Waals surface area contributed by atoms with Crippen molar-refractivity contribution in [3.8, 4) is 0 Å². The van der Waals surface area contributed by atoms with Crippen molar-refractivity contribution in [2.24, 2.45) is 0 Å². The zero-order valence-corrected chi connectivity index (χ0v) is 11.9. The first-order valence-corrected chi connectivity index (χ1v) is 7.28. The molecule has 0 radical (unpaired) electrons. The van der Waals surface area contributed by atoms with Gasteiger partial charge in [-0.05, 0) is 36.4 Å². The number of hydrogen-bond acceptors (Lipinski definition) is 4. The molecule has 0 unspecified atom stereocenters. The molecule has 0 aliphatic carbocycles. The molecule has 0 saturated heterocycles. The second-order valence-corrected chi connectivity index (χ2v) is 5.94. The van der Waals surface area contributed by atoms with Crippen LogP contribution in [0.15, 0.2) is 47.6 Å². The van der Waals surface area contributed by atoms with Crippen LogP contribution < -0.4 is 9.62 Å².